The van der Waals surface area contributed by atoms with Crippen molar-refractivity contribution in [1.82, 2.24) is 0 Å². The van der Waals surface area contributed by atoms with Crippen molar-refractivity contribution in [2.75, 3.05) is 0 Å². The Morgan fingerprint density at radius 2 is 1.58 bits per heavy atom. The fraction of sp³-hybridized carbons (Fsp3) is 0.727. The van der Waals surface area contributed by atoms with Gasteiger partial charge in [-0.2, -0.15) is 5.26 Å². The molecule has 1 nitrogen and oxygen atoms in total. The summed E-state index contributed by atoms with van der Waals surface area (Å²) in [7, 11) is 0. The van der Waals surface area contributed by atoms with Crippen molar-refractivity contribution in [3.8, 4) is 6.07 Å². The molecule has 0 atom stereocenters. The van der Waals surface area contributed by atoms with E-state index in [1.165, 1.54) is 44.9 Å². The molecule has 1 fully saturated rings. The SMILES string of the molecule is N#C/C=C/C1CCCCCCC1. The van der Waals surface area contributed by atoms with E-state index in [9.17, 15) is 0 Å². The van der Waals surface area contributed by atoms with Gasteiger partial charge in [-0.1, -0.05) is 38.2 Å². The second-order valence-electron chi connectivity index (χ2n) is 3.59. The molecule has 0 bridgehead atoms. The quantitative estimate of drug-likeness (QED) is 0.543. The zero-order valence-electron chi connectivity index (χ0n) is 7.63. The van der Waals surface area contributed by atoms with Crippen molar-refractivity contribution in [2.45, 2.75) is 44.9 Å². The normalized spacial score (nSPS) is 21.6. The molecule has 66 valence electrons. The summed E-state index contributed by atoms with van der Waals surface area (Å²) >= 11 is 0. The van der Waals surface area contributed by atoms with Crippen molar-refractivity contribution in [2.24, 2.45) is 5.92 Å². The molecule has 0 aromatic heterocycles. The monoisotopic (exact) mass is 163 g/mol. The lowest BCUT2D eigenvalue weighted by molar-refractivity contribution is 0.435. The van der Waals surface area contributed by atoms with Crippen molar-refractivity contribution < 1.29 is 0 Å². The van der Waals surface area contributed by atoms with Gasteiger partial charge in [-0.25, -0.2) is 0 Å². The average molecular weight is 163 g/mol. The Morgan fingerprint density at radius 1 is 1.00 bits per heavy atom. The summed E-state index contributed by atoms with van der Waals surface area (Å²) in [6.07, 6.45) is 13.2. The van der Waals surface area contributed by atoms with Crippen LogP contribution in [0, 0.1) is 17.2 Å². The molecule has 0 heterocycles. The number of nitriles is 1. The lowest BCUT2D eigenvalue weighted by atomic mass is 9.91. The summed E-state index contributed by atoms with van der Waals surface area (Å²) in [5.74, 6) is 0.685. The first-order chi connectivity index (χ1) is 5.93. The molecule has 1 aliphatic carbocycles. The van der Waals surface area contributed by atoms with E-state index < -0.39 is 0 Å². The standard InChI is InChI=1S/C11H17N/c12-10-6-9-11-7-4-2-1-3-5-8-11/h6,9,11H,1-5,7-8H2/b9-6+. The van der Waals surface area contributed by atoms with E-state index in [2.05, 4.69) is 12.1 Å². The molecule has 0 N–H and O–H groups in total. The van der Waals surface area contributed by atoms with Gasteiger partial charge < -0.3 is 0 Å². The van der Waals surface area contributed by atoms with Crippen molar-refractivity contribution in [3.05, 3.63) is 12.2 Å². The van der Waals surface area contributed by atoms with Crippen LogP contribution < -0.4 is 0 Å². The molecule has 0 radical (unpaired) electrons. The van der Waals surface area contributed by atoms with Crippen LogP contribution in [-0.2, 0) is 0 Å². The van der Waals surface area contributed by atoms with Crippen LogP contribution >= 0.6 is 0 Å². The van der Waals surface area contributed by atoms with Crippen LogP contribution in [0.1, 0.15) is 44.9 Å². The summed E-state index contributed by atoms with van der Waals surface area (Å²) in [6.45, 7) is 0. The highest BCUT2D eigenvalue weighted by Gasteiger charge is 2.07. The van der Waals surface area contributed by atoms with E-state index >= 15 is 0 Å². The van der Waals surface area contributed by atoms with Crippen molar-refractivity contribution in [3.63, 3.8) is 0 Å². The summed E-state index contributed by atoms with van der Waals surface area (Å²) in [5, 5.41) is 8.39. The first kappa shape index (κ1) is 9.32. The second-order valence-corrected chi connectivity index (χ2v) is 3.59. The molecule has 12 heavy (non-hydrogen) atoms. The Morgan fingerprint density at radius 3 is 2.17 bits per heavy atom. The zero-order valence-corrected chi connectivity index (χ0v) is 7.63. The molecule has 1 saturated carbocycles. The summed E-state index contributed by atoms with van der Waals surface area (Å²) in [5.41, 5.74) is 0. The summed E-state index contributed by atoms with van der Waals surface area (Å²) in [6, 6.07) is 2.07. The molecular weight excluding hydrogens is 146 g/mol. The molecule has 1 heteroatoms. The highest BCUT2D eigenvalue weighted by molar-refractivity contribution is 5.03. The first-order valence-electron chi connectivity index (χ1n) is 5.00. The van der Waals surface area contributed by atoms with Crippen molar-refractivity contribution in [1.29, 1.82) is 5.26 Å². The van der Waals surface area contributed by atoms with E-state index in [0.29, 0.717) is 5.92 Å². The van der Waals surface area contributed by atoms with Gasteiger partial charge in [-0.05, 0) is 18.8 Å². The minimum atomic E-state index is 0.685. The molecule has 0 amide bonds. The third-order valence-electron chi connectivity index (χ3n) is 2.59. The van der Waals surface area contributed by atoms with Gasteiger partial charge in [0.05, 0.1) is 6.07 Å². The van der Waals surface area contributed by atoms with Gasteiger partial charge in [0.15, 0.2) is 0 Å². The predicted molar refractivity (Wildman–Crippen MR) is 50.6 cm³/mol. The Labute approximate surface area is 75.1 Å². The third-order valence-corrected chi connectivity index (χ3v) is 2.59. The maximum absolute atomic E-state index is 8.39. The molecule has 0 aliphatic heterocycles. The zero-order chi connectivity index (χ0) is 8.65. The number of allylic oxidation sites excluding steroid dienone is 2. The predicted octanol–water partition coefficient (Wildman–Crippen LogP) is 3.43. The van der Waals surface area contributed by atoms with E-state index in [1.807, 2.05) is 0 Å². The molecule has 0 unspecified atom stereocenters. The molecule has 0 saturated heterocycles. The van der Waals surface area contributed by atoms with E-state index in [0.717, 1.165) is 0 Å². The second kappa shape index (κ2) is 5.83. The van der Waals surface area contributed by atoms with E-state index in [-0.39, 0.29) is 0 Å². The number of hydrogen-bond acceptors (Lipinski definition) is 1. The Kier molecular flexibility index (Phi) is 4.52. The van der Waals surface area contributed by atoms with Crippen LogP contribution in [0.3, 0.4) is 0 Å². The molecule has 0 spiro atoms. The van der Waals surface area contributed by atoms with Crippen LogP contribution in [0.25, 0.3) is 0 Å². The van der Waals surface area contributed by atoms with Crippen molar-refractivity contribution >= 4 is 0 Å². The van der Waals surface area contributed by atoms with Crippen LogP contribution in [0.4, 0.5) is 0 Å². The number of hydrogen-bond donors (Lipinski definition) is 0. The molecule has 1 rings (SSSR count). The van der Waals surface area contributed by atoms with Crippen LogP contribution in [0.5, 0.6) is 0 Å². The number of rotatable bonds is 1. The fourth-order valence-electron chi connectivity index (χ4n) is 1.86. The van der Waals surface area contributed by atoms with Gasteiger partial charge in [0, 0.05) is 6.08 Å². The Hall–Kier alpha value is -0.770. The van der Waals surface area contributed by atoms with Crippen LogP contribution in [0.15, 0.2) is 12.2 Å². The van der Waals surface area contributed by atoms with Gasteiger partial charge in [-0.3, -0.25) is 0 Å². The Bertz CT molecular complexity index is 168. The van der Waals surface area contributed by atoms with E-state index in [4.69, 9.17) is 5.26 Å². The average Bonchev–Trinajstić information content (AvgIpc) is 2.02. The highest BCUT2D eigenvalue weighted by Crippen LogP contribution is 2.22. The molecular formula is C11H17N. The highest BCUT2D eigenvalue weighted by atomic mass is 14.2. The maximum atomic E-state index is 8.39. The summed E-state index contributed by atoms with van der Waals surface area (Å²) in [4.78, 5) is 0. The largest absolute Gasteiger partial charge is 0.193 e. The van der Waals surface area contributed by atoms with Gasteiger partial charge in [-0.15, -0.1) is 0 Å². The Balaban J connectivity index is 2.30. The van der Waals surface area contributed by atoms with E-state index in [1.54, 1.807) is 6.08 Å². The minimum Gasteiger partial charge on any atom is -0.193 e. The smallest absolute Gasteiger partial charge is 0.0908 e. The maximum Gasteiger partial charge on any atom is 0.0908 e. The van der Waals surface area contributed by atoms with Crippen LogP contribution in [0.2, 0.25) is 0 Å². The van der Waals surface area contributed by atoms with Gasteiger partial charge >= 0.3 is 0 Å². The van der Waals surface area contributed by atoms with Gasteiger partial charge in [0.25, 0.3) is 0 Å². The van der Waals surface area contributed by atoms with Crippen LogP contribution in [-0.4, -0.2) is 0 Å². The lowest BCUT2D eigenvalue weighted by Gasteiger charge is -2.15. The molecule has 1 aliphatic rings. The third kappa shape index (κ3) is 3.57. The minimum absolute atomic E-state index is 0.685. The number of nitrogens with zero attached hydrogens (tertiary/aromatic N) is 1. The van der Waals surface area contributed by atoms with Gasteiger partial charge in [0.1, 0.15) is 0 Å². The molecule has 0 aromatic rings. The first-order valence-corrected chi connectivity index (χ1v) is 5.00. The fourth-order valence-corrected chi connectivity index (χ4v) is 1.86. The van der Waals surface area contributed by atoms with Gasteiger partial charge in [0.2, 0.25) is 0 Å². The summed E-state index contributed by atoms with van der Waals surface area (Å²) < 4.78 is 0. The topological polar surface area (TPSA) is 23.8 Å². The molecule has 0 aromatic carbocycles. The lowest BCUT2D eigenvalue weighted by Crippen LogP contribution is -1.99.